The monoisotopic (exact) mass is 426 g/mol. The van der Waals surface area contributed by atoms with Gasteiger partial charge in [0.05, 0.1) is 6.54 Å². The maximum atomic E-state index is 11.5. The van der Waals surface area contributed by atoms with E-state index in [4.69, 9.17) is 0 Å². The Hall–Kier alpha value is -0.530. The highest BCUT2D eigenvalue weighted by molar-refractivity contribution is 14.0. The maximum Gasteiger partial charge on any atom is 0.223 e. The van der Waals surface area contributed by atoms with Crippen LogP contribution in [0.3, 0.4) is 0 Å². The molecule has 0 aliphatic carbocycles. The van der Waals surface area contributed by atoms with Gasteiger partial charge in [0.25, 0.3) is 0 Å². The molecule has 0 radical (unpaired) electrons. The van der Waals surface area contributed by atoms with Gasteiger partial charge in [-0.3, -0.25) is 9.79 Å². The summed E-state index contributed by atoms with van der Waals surface area (Å²) in [6, 6.07) is 0.407. The van der Waals surface area contributed by atoms with Gasteiger partial charge in [0.15, 0.2) is 5.96 Å². The number of carbonyl (C=O) groups excluding carboxylic acids is 1. The van der Waals surface area contributed by atoms with Crippen molar-refractivity contribution >= 4 is 35.8 Å². The van der Waals surface area contributed by atoms with E-state index in [1.807, 2.05) is 6.92 Å². The van der Waals surface area contributed by atoms with E-state index in [0.717, 1.165) is 18.9 Å². The summed E-state index contributed by atoms with van der Waals surface area (Å²) in [5.41, 5.74) is 0. The Bertz CT molecular complexity index is 309. The number of amides is 1. The number of carbonyl (C=O) groups is 1. The van der Waals surface area contributed by atoms with E-state index in [1.165, 1.54) is 25.7 Å². The maximum absolute atomic E-state index is 11.5. The Morgan fingerprint density at radius 3 is 2.41 bits per heavy atom. The fourth-order valence-electron chi connectivity index (χ4n) is 1.99. The first-order valence-electron chi connectivity index (χ1n) is 8.26. The van der Waals surface area contributed by atoms with Crippen molar-refractivity contribution in [3.63, 3.8) is 0 Å². The van der Waals surface area contributed by atoms with Gasteiger partial charge in [-0.25, -0.2) is 0 Å². The molecule has 0 aliphatic heterocycles. The molecule has 5 nitrogen and oxygen atoms in total. The van der Waals surface area contributed by atoms with E-state index < -0.39 is 0 Å². The molecular weight excluding hydrogens is 391 g/mol. The average Bonchev–Trinajstić information content (AvgIpc) is 2.43. The van der Waals surface area contributed by atoms with Crippen LogP contribution in [-0.2, 0) is 4.79 Å². The second-order valence-corrected chi connectivity index (χ2v) is 5.69. The van der Waals surface area contributed by atoms with Gasteiger partial charge in [-0.05, 0) is 20.3 Å². The molecule has 2 N–H and O–H groups in total. The summed E-state index contributed by atoms with van der Waals surface area (Å²) in [4.78, 5) is 17.6. The Kier molecular flexibility index (Phi) is 16.6. The Morgan fingerprint density at radius 2 is 1.86 bits per heavy atom. The van der Waals surface area contributed by atoms with Crippen molar-refractivity contribution in [2.45, 2.75) is 65.3 Å². The van der Waals surface area contributed by atoms with Gasteiger partial charge in [0, 0.05) is 33.1 Å². The van der Waals surface area contributed by atoms with E-state index in [1.54, 1.807) is 19.0 Å². The topological polar surface area (TPSA) is 56.7 Å². The molecule has 0 aliphatic rings. The van der Waals surface area contributed by atoms with Gasteiger partial charge in [-0.1, -0.05) is 32.6 Å². The minimum absolute atomic E-state index is 0. The quantitative estimate of drug-likeness (QED) is 0.244. The number of aliphatic imine (C=N–C) groups is 1. The zero-order valence-electron chi connectivity index (χ0n) is 14.9. The lowest BCUT2D eigenvalue weighted by Gasteiger charge is -2.18. The highest BCUT2D eigenvalue weighted by atomic mass is 127. The summed E-state index contributed by atoms with van der Waals surface area (Å²) >= 11 is 0. The van der Waals surface area contributed by atoms with Crippen LogP contribution in [0, 0.1) is 0 Å². The first kappa shape index (κ1) is 23.7. The zero-order chi connectivity index (χ0) is 16.1. The normalized spacial score (nSPS) is 12.3. The van der Waals surface area contributed by atoms with Gasteiger partial charge < -0.3 is 15.5 Å². The summed E-state index contributed by atoms with van der Waals surface area (Å²) in [5.74, 6) is 0.925. The molecule has 1 unspecified atom stereocenters. The molecule has 0 saturated heterocycles. The number of halogens is 1. The van der Waals surface area contributed by atoms with Crippen molar-refractivity contribution in [3.8, 4) is 0 Å². The Balaban J connectivity index is 0. The summed E-state index contributed by atoms with van der Waals surface area (Å²) < 4.78 is 0. The fourth-order valence-corrected chi connectivity index (χ4v) is 1.99. The number of hydrogen-bond donors (Lipinski definition) is 2. The number of hydrogen-bond acceptors (Lipinski definition) is 2. The van der Waals surface area contributed by atoms with Crippen molar-refractivity contribution in [2.24, 2.45) is 4.99 Å². The lowest BCUT2D eigenvalue weighted by Crippen LogP contribution is -2.42. The molecule has 0 aromatic rings. The number of nitrogens with zero attached hydrogens (tertiary/aromatic N) is 2. The average molecular weight is 426 g/mol. The molecule has 0 fully saturated rings. The van der Waals surface area contributed by atoms with Crippen LogP contribution in [0.4, 0.5) is 0 Å². The molecule has 0 aromatic carbocycles. The third kappa shape index (κ3) is 13.2. The van der Waals surface area contributed by atoms with Gasteiger partial charge in [0.1, 0.15) is 0 Å². The smallest absolute Gasteiger partial charge is 0.223 e. The molecule has 0 heterocycles. The summed E-state index contributed by atoms with van der Waals surface area (Å²) in [6.07, 6.45) is 6.74. The van der Waals surface area contributed by atoms with Crippen LogP contribution in [0.5, 0.6) is 0 Å². The summed E-state index contributed by atoms with van der Waals surface area (Å²) in [5, 5.41) is 6.64. The van der Waals surface area contributed by atoms with E-state index in [0.29, 0.717) is 19.0 Å². The SMILES string of the molecule is CCCCCCC(C)NC(=NCCC(=O)N(C)C)NCC.I. The number of unbranched alkanes of at least 4 members (excludes halogenated alkanes) is 3. The van der Waals surface area contributed by atoms with Crippen LogP contribution < -0.4 is 10.6 Å². The van der Waals surface area contributed by atoms with Crippen LogP contribution in [0.25, 0.3) is 0 Å². The minimum Gasteiger partial charge on any atom is -0.357 e. The molecule has 0 spiro atoms. The molecule has 0 aromatic heterocycles. The standard InChI is InChI=1S/C16H34N4O.HI/c1-6-8-9-10-11-14(3)19-16(17-7-2)18-13-12-15(21)20(4)5;/h14H,6-13H2,1-5H3,(H2,17,18,19);1H. The van der Waals surface area contributed by atoms with E-state index in [9.17, 15) is 4.79 Å². The van der Waals surface area contributed by atoms with Crippen LogP contribution in [-0.4, -0.2) is 50.0 Å². The molecule has 0 saturated carbocycles. The van der Waals surface area contributed by atoms with Gasteiger partial charge in [0.2, 0.25) is 5.91 Å². The van der Waals surface area contributed by atoms with Gasteiger partial charge in [-0.15, -0.1) is 24.0 Å². The third-order valence-corrected chi connectivity index (χ3v) is 3.31. The van der Waals surface area contributed by atoms with Crippen molar-refractivity contribution in [3.05, 3.63) is 0 Å². The second-order valence-electron chi connectivity index (χ2n) is 5.69. The minimum atomic E-state index is 0. The number of rotatable bonds is 10. The van der Waals surface area contributed by atoms with Crippen molar-refractivity contribution in [1.29, 1.82) is 0 Å². The number of nitrogens with one attached hydrogen (secondary N) is 2. The highest BCUT2D eigenvalue weighted by Gasteiger charge is 2.06. The first-order chi connectivity index (χ1) is 10.0. The van der Waals surface area contributed by atoms with Crippen LogP contribution in [0.15, 0.2) is 4.99 Å². The van der Waals surface area contributed by atoms with E-state index in [-0.39, 0.29) is 29.9 Å². The molecule has 0 rings (SSSR count). The van der Waals surface area contributed by atoms with Crippen LogP contribution in [0.2, 0.25) is 0 Å². The van der Waals surface area contributed by atoms with Gasteiger partial charge in [-0.2, -0.15) is 0 Å². The lowest BCUT2D eigenvalue weighted by molar-refractivity contribution is -0.128. The third-order valence-electron chi connectivity index (χ3n) is 3.31. The molecule has 22 heavy (non-hydrogen) atoms. The predicted molar refractivity (Wildman–Crippen MR) is 106 cm³/mol. The molecule has 132 valence electrons. The first-order valence-corrected chi connectivity index (χ1v) is 8.26. The zero-order valence-corrected chi connectivity index (χ0v) is 17.3. The van der Waals surface area contributed by atoms with Crippen molar-refractivity contribution in [2.75, 3.05) is 27.2 Å². The van der Waals surface area contributed by atoms with E-state index >= 15 is 0 Å². The Labute approximate surface area is 153 Å². The number of guanidine groups is 1. The second kappa shape index (κ2) is 15.4. The molecule has 1 atom stereocenters. The summed E-state index contributed by atoms with van der Waals surface area (Å²) in [7, 11) is 3.54. The Morgan fingerprint density at radius 1 is 1.18 bits per heavy atom. The predicted octanol–water partition coefficient (Wildman–Crippen LogP) is 3.00. The van der Waals surface area contributed by atoms with Crippen LogP contribution >= 0.6 is 24.0 Å². The largest absolute Gasteiger partial charge is 0.357 e. The van der Waals surface area contributed by atoms with Crippen molar-refractivity contribution < 1.29 is 4.79 Å². The van der Waals surface area contributed by atoms with Gasteiger partial charge >= 0.3 is 0 Å². The van der Waals surface area contributed by atoms with E-state index in [2.05, 4.69) is 29.5 Å². The van der Waals surface area contributed by atoms with Crippen LogP contribution in [0.1, 0.15) is 59.3 Å². The van der Waals surface area contributed by atoms with Crippen molar-refractivity contribution in [1.82, 2.24) is 15.5 Å². The highest BCUT2D eigenvalue weighted by Crippen LogP contribution is 2.05. The summed E-state index contributed by atoms with van der Waals surface area (Å²) in [6.45, 7) is 7.81. The lowest BCUT2D eigenvalue weighted by atomic mass is 10.1. The molecular formula is C16H35IN4O. The molecule has 0 bridgehead atoms. The fraction of sp³-hybridized carbons (Fsp3) is 0.875. The molecule has 1 amide bonds. The molecule has 6 heteroatoms.